The van der Waals surface area contributed by atoms with Crippen molar-refractivity contribution in [2.45, 2.75) is 6.04 Å². The highest BCUT2D eigenvalue weighted by molar-refractivity contribution is 5.93. The number of rotatable bonds is 5. The third-order valence-electron chi connectivity index (χ3n) is 3.85. The third kappa shape index (κ3) is 4.11. The van der Waals surface area contributed by atoms with Crippen molar-refractivity contribution >= 4 is 5.91 Å². The highest BCUT2D eigenvalue weighted by Gasteiger charge is 2.12. The largest absolute Gasteiger partial charge is 0.286 e. The summed E-state index contributed by atoms with van der Waals surface area (Å²) >= 11 is 0. The molecule has 0 bridgehead atoms. The first-order chi connectivity index (χ1) is 12.3. The summed E-state index contributed by atoms with van der Waals surface area (Å²) in [5, 5.41) is 9.39. The Bertz CT molecular complexity index is 869. The minimum absolute atomic E-state index is 0.276. The van der Waals surface area contributed by atoms with Crippen LogP contribution in [0.1, 0.15) is 22.0 Å². The second-order valence-electron chi connectivity index (χ2n) is 5.51. The minimum atomic E-state index is -0.627. The zero-order valence-corrected chi connectivity index (χ0v) is 13.5. The first-order valence-corrected chi connectivity index (χ1v) is 7.94. The average molecular weight is 327 g/mol. The average Bonchev–Trinajstić information content (AvgIpc) is 2.70. The lowest BCUT2D eigenvalue weighted by Crippen LogP contribution is -2.39. The van der Waals surface area contributed by atoms with Crippen molar-refractivity contribution in [2.24, 2.45) is 0 Å². The molecule has 0 saturated carbocycles. The van der Waals surface area contributed by atoms with Crippen LogP contribution in [0.25, 0.3) is 11.1 Å². The molecule has 0 radical (unpaired) electrons. The van der Waals surface area contributed by atoms with Crippen LogP contribution in [0, 0.1) is 11.3 Å². The summed E-state index contributed by atoms with van der Waals surface area (Å²) in [5.74, 6) is -0.276. The highest BCUT2D eigenvalue weighted by Crippen LogP contribution is 2.21. The van der Waals surface area contributed by atoms with E-state index in [0.29, 0.717) is 5.56 Å². The van der Waals surface area contributed by atoms with Gasteiger partial charge in [-0.1, -0.05) is 72.8 Å². The Morgan fingerprint density at radius 2 is 1.36 bits per heavy atom. The van der Waals surface area contributed by atoms with E-state index in [-0.39, 0.29) is 5.91 Å². The maximum atomic E-state index is 12.1. The van der Waals surface area contributed by atoms with Crippen molar-refractivity contribution in [3.63, 3.8) is 0 Å². The van der Waals surface area contributed by atoms with Crippen molar-refractivity contribution in [3.8, 4) is 17.2 Å². The lowest BCUT2D eigenvalue weighted by molar-refractivity contribution is 0.0929. The van der Waals surface area contributed by atoms with Gasteiger partial charge in [0.1, 0.15) is 6.04 Å². The smallest absolute Gasteiger partial charge is 0.265 e. The molecule has 0 aromatic heterocycles. The van der Waals surface area contributed by atoms with E-state index in [2.05, 4.69) is 16.9 Å². The van der Waals surface area contributed by atoms with Crippen molar-refractivity contribution in [3.05, 3.63) is 96.1 Å². The maximum Gasteiger partial charge on any atom is 0.265 e. The number of nitrogens with zero attached hydrogens (tertiary/aromatic N) is 1. The van der Waals surface area contributed by atoms with Crippen molar-refractivity contribution in [2.75, 3.05) is 0 Å². The predicted molar refractivity (Wildman–Crippen MR) is 97.3 cm³/mol. The van der Waals surface area contributed by atoms with E-state index < -0.39 is 6.04 Å². The molecule has 0 fully saturated rings. The molecular formula is C21H17N3O. The quantitative estimate of drug-likeness (QED) is 0.700. The molecule has 0 saturated heterocycles. The highest BCUT2D eigenvalue weighted by atomic mass is 16.2. The fraction of sp³-hybridized carbons (Fsp3) is 0.0476. The van der Waals surface area contributed by atoms with Crippen molar-refractivity contribution in [1.29, 1.82) is 5.26 Å². The van der Waals surface area contributed by atoms with Gasteiger partial charge in [0.25, 0.3) is 5.91 Å². The Kier molecular flexibility index (Phi) is 5.20. The number of hydrogen-bond acceptors (Lipinski definition) is 3. The fourth-order valence-corrected chi connectivity index (χ4v) is 2.49. The van der Waals surface area contributed by atoms with E-state index >= 15 is 0 Å². The van der Waals surface area contributed by atoms with Crippen LogP contribution in [0.4, 0.5) is 0 Å². The van der Waals surface area contributed by atoms with E-state index in [0.717, 1.165) is 16.7 Å². The molecule has 3 rings (SSSR count). The van der Waals surface area contributed by atoms with Crippen LogP contribution in [0.5, 0.6) is 0 Å². The van der Waals surface area contributed by atoms with Crippen LogP contribution in [0.15, 0.2) is 84.9 Å². The molecule has 3 aromatic carbocycles. The first kappa shape index (κ1) is 16.4. The zero-order valence-electron chi connectivity index (χ0n) is 13.5. The summed E-state index contributed by atoms with van der Waals surface area (Å²) in [6.45, 7) is 0. The summed E-state index contributed by atoms with van der Waals surface area (Å²) in [6.07, 6.45) is 0. The Morgan fingerprint density at radius 1 is 0.800 bits per heavy atom. The molecule has 4 heteroatoms. The maximum absolute atomic E-state index is 12.1. The van der Waals surface area contributed by atoms with Crippen LogP contribution < -0.4 is 10.9 Å². The van der Waals surface area contributed by atoms with Crippen LogP contribution >= 0.6 is 0 Å². The molecule has 1 atom stereocenters. The lowest BCUT2D eigenvalue weighted by atomic mass is 10.0. The Morgan fingerprint density at radius 3 is 1.96 bits per heavy atom. The summed E-state index contributed by atoms with van der Waals surface area (Å²) in [6, 6.07) is 28.1. The van der Waals surface area contributed by atoms with Crippen LogP contribution in [0.3, 0.4) is 0 Å². The Labute approximate surface area is 146 Å². The number of nitriles is 1. The summed E-state index contributed by atoms with van der Waals surface area (Å²) < 4.78 is 0. The number of amides is 1. The molecule has 2 N–H and O–H groups in total. The fourth-order valence-electron chi connectivity index (χ4n) is 2.49. The first-order valence-electron chi connectivity index (χ1n) is 7.94. The van der Waals surface area contributed by atoms with E-state index in [4.69, 9.17) is 0 Å². The lowest BCUT2D eigenvalue weighted by Gasteiger charge is -2.13. The molecular weight excluding hydrogens is 310 g/mol. The second-order valence-corrected chi connectivity index (χ2v) is 5.51. The van der Waals surface area contributed by atoms with Gasteiger partial charge >= 0.3 is 0 Å². The topological polar surface area (TPSA) is 64.9 Å². The monoisotopic (exact) mass is 327 g/mol. The predicted octanol–water partition coefficient (Wildman–Crippen LogP) is 3.85. The van der Waals surface area contributed by atoms with Gasteiger partial charge in [-0.2, -0.15) is 5.26 Å². The Hall–Kier alpha value is -3.42. The number of carbonyl (C=O) groups is 1. The summed E-state index contributed by atoms with van der Waals surface area (Å²) in [5.41, 5.74) is 8.88. The van der Waals surface area contributed by atoms with Gasteiger partial charge in [0, 0.05) is 5.56 Å². The second kappa shape index (κ2) is 7.91. The molecule has 4 nitrogen and oxygen atoms in total. The molecule has 25 heavy (non-hydrogen) atoms. The van der Waals surface area contributed by atoms with Crippen molar-refractivity contribution < 1.29 is 4.79 Å². The van der Waals surface area contributed by atoms with E-state index in [9.17, 15) is 10.1 Å². The van der Waals surface area contributed by atoms with Gasteiger partial charge in [-0.15, -0.1) is 0 Å². The molecule has 0 heterocycles. The number of hydrogen-bond donors (Lipinski definition) is 2. The van der Waals surface area contributed by atoms with Gasteiger partial charge in [0.05, 0.1) is 6.07 Å². The number of hydrazine groups is 1. The molecule has 0 spiro atoms. The van der Waals surface area contributed by atoms with Crippen LogP contribution in [-0.2, 0) is 0 Å². The van der Waals surface area contributed by atoms with Gasteiger partial charge in [0.2, 0.25) is 0 Å². The minimum Gasteiger partial charge on any atom is -0.286 e. The molecule has 122 valence electrons. The SMILES string of the molecule is N#C[C@H](NNC(=O)c1ccccc1)c1ccc(-c2ccccc2)cc1. The van der Waals surface area contributed by atoms with E-state index in [1.54, 1.807) is 24.3 Å². The summed E-state index contributed by atoms with van der Waals surface area (Å²) in [4.78, 5) is 12.1. The standard InChI is InChI=1S/C21H17N3O/c22-15-20(23-24-21(25)19-9-5-2-6-10-19)18-13-11-17(12-14-18)16-7-3-1-4-8-16/h1-14,20,23H,(H,24,25)/t20-/m0/s1. The van der Waals surface area contributed by atoms with Gasteiger partial charge < -0.3 is 0 Å². The van der Waals surface area contributed by atoms with Crippen molar-refractivity contribution in [1.82, 2.24) is 10.9 Å². The molecule has 0 aliphatic heterocycles. The van der Waals surface area contributed by atoms with Gasteiger partial charge in [-0.3, -0.25) is 10.2 Å². The molecule has 0 unspecified atom stereocenters. The number of nitrogens with one attached hydrogen (secondary N) is 2. The third-order valence-corrected chi connectivity index (χ3v) is 3.85. The molecule has 0 aliphatic carbocycles. The number of carbonyl (C=O) groups excluding carboxylic acids is 1. The van der Waals surface area contributed by atoms with Gasteiger partial charge in [-0.05, 0) is 28.8 Å². The van der Waals surface area contributed by atoms with Gasteiger partial charge in [0.15, 0.2) is 0 Å². The molecule has 3 aromatic rings. The van der Waals surface area contributed by atoms with Gasteiger partial charge in [-0.25, -0.2) is 5.43 Å². The normalized spacial score (nSPS) is 11.3. The summed E-state index contributed by atoms with van der Waals surface area (Å²) in [7, 11) is 0. The Balaban J connectivity index is 1.67. The molecule has 1 amide bonds. The van der Waals surface area contributed by atoms with E-state index in [1.165, 1.54) is 0 Å². The number of benzene rings is 3. The van der Waals surface area contributed by atoms with E-state index in [1.807, 2.05) is 60.7 Å². The molecule has 0 aliphatic rings. The van der Waals surface area contributed by atoms with Crippen LogP contribution in [0.2, 0.25) is 0 Å². The zero-order chi connectivity index (χ0) is 17.5. The van der Waals surface area contributed by atoms with Crippen LogP contribution in [-0.4, -0.2) is 5.91 Å².